The van der Waals surface area contributed by atoms with Crippen molar-refractivity contribution in [2.45, 2.75) is 43.5 Å². The monoisotopic (exact) mass is 366 g/mol. The van der Waals surface area contributed by atoms with Gasteiger partial charge in [-0.15, -0.1) is 0 Å². The molecule has 1 unspecified atom stereocenters. The summed E-state index contributed by atoms with van der Waals surface area (Å²) in [6.45, 7) is 1.40. The molecule has 0 bridgehead atoms. The summed E-state index contributed by atoms with van der Waals surface area (Å²) in [6, 6.07) is 3.82. The van der Waals surface area contributed by atoms with Gasteiger partial charge in [0.25, 0.3) is 0 Å². The average molecular weight is 366 g/mol. The van der Waals surface area contributed by atoms with Gasteiger partial charge in [-0.1, -0.05) is 6.07 Å². The quantitative estimate of drug-likeness (QED) is 0.857. The molecule has 7 nitrogen and oxygen atoms in total. The van der Waals surface area contributed by atoms with Gasteiger partial charge in [-0.05, 0) is 48.9 Å². The smallest absolute Gasteiger partial charge is 0.323 e. The van der Waals surface area contributed by atoms with Gasteiger partial charge in [0.2, 0.25) is 15.9 Å². The van der Waals surface area contributed by atoms with Crippen LogP contribution in [0.2, 0.25) is 0 Å². The van der Waals surface area contributed by atoms with Crippen LogP contribution in [0.4, 0.5) is 0 Å². The molecule has 0 saturated carbocycles. The second kappa shape index (κ2) is 6.76. The first kappa shape index (κ1) is 17.9. The summed E-state index contributed by atoms with van der Waals surface area (Å²) in [6.07, 6.45) is 3.93. The lowest BCUT2D eigenvalue weighted by Crippen LogP contribution is -2.58. The number of rotatable bonds is 3. The number of carbonyl (C=O) groups is 2. The molecule has 1 aromatic carbocycles. The number of aliphatic carboxylic acids is 1. The number of carboxylic acid groups (broad SMARTS) is 1. The van der Waals surface area contributed by atoms with Gasteiger partial charge in [0, 0.05) is 26.6 Å². The topological polar surface area (TPSA) is 95.0 Å². The Labute approximate surface area is 147 Å². The number of carbonyl (C=O) groups excluding carboxylic acids is 1. The maximum absolute atomic E-state index is 13.0. The van der Waals surface area contributed by atoms with Crippen molar-refractivity contribution in [3.63, 3.8) is 0 Å². The van der Waals surface area contributed by atoms with E-state index in [-0.39, 0.29) is 30.4 Å². The van der Waals surface area contributed by atoms with Gasteiger partial charge >= 0.3 is 5.97 Å². The number of fused-ring (bicyclic) bond motifs is 1. The lowest BCUT2D eigenvalue weighted by molar-refractivity contribution is -0.145. The molecule has 136 valence electrons. The van der Waals surface area contributed by atoms with Crippen LogP contribution in [0.15, 0.2) is 23.1 Å². The van der Waals surface area contributed by atoms with Crippen LogP contribution < -0.4 is 0 Å². The molecule has 0 spiro atoms. The van der Waals surface area contributed by atoms with E-state index in [0.717, 1.165) is 35.6 Å². The van der Waals surface area contributed by atoms with Gasteiger partial charge in [0.1, 0.15) is 6.04 Å². The number of amides is 1. The van der Waals surface area contributed by atoms with E-state index in [1.807, 2.05) is 6.07 Å². The second-order valence-electron chi connectivity index (χ2n) is 6.57. The summed E-state index contributed by atoms with van der Waals surface area (Å²) >= 11 is 0. The maximum Gasteiger partial charge on any atom is 0.323 e. The van der Waals surface area contributed by atoms with E-state index >= 15 is 0 Å². The molecule has 3 rings (SSSR count). The minimum Gasteiger partial charge on any atom is -0.480 e. The SMILES string of the molecule is CC(=O)N1CCN(S(=O)(=O)c2ccc3c(c2)CCCC3)C(C(=O)O)C1. The largest absolute Gasteiger partial charge is 0.480 e. The number of sulfonamides is 1. The van der Waals surface area contributed by atoms with Crippen molar-refractivity contribution in [1.82, 2.24) is 9.21 Å². The lowest BCUT2D eigenvalue weighted by atomic mass is 9.92. The Hall–Kier alpha value is -1.93. The van der Waals surface area contributed by atoms with E-state index in [9.17, 15) is 23.1 Å². The van der Waals surface area contributed by atoms with E-state index in [2.05, 4.69) is 0 Å². The Morgan fingerprint density at radius 3 is 2.44 bits per heavy atom. The summed E-state index contributed by atoms with van der Waals surface area (Å²) in [5, 5.41) is 9.47. The zero-order valence-corrected chi connectivity index (χ0v) is 15.0. The summed E-state index contributed by atoms with van der Waals surface area (Å²) in [7, 11) is -3.92. The summed E-state index contributed by atoms with van der Waals surface area (Å²) < 4.78 is 27.1. The van der Waals surface area contributed by atoms with E-state index in [1.165, 1.54) is 17.4 Å². The van der Waals surface area contributed by atoms with E-state index in [0.29, 0.717) is 0 Å². The van der Waals surface area contributed by atoms with Crippen molar-refractivity contribution in [1.29, 1.82) is 0 Å². The Bertz CT molecular complexity index is 805. The van der Waals surface area contributed by atoms with Gasteiger partial charge in [-0.3, -0.25) is 9.59 Å². The second-order valence-corrected chi connectivity index (χ2v) is 8.46. The highest BCUT2D eigenvalue weighted by molar-refractivity contribution is 7.89. The molecule has 1 fully saturated rings. The number of carboxylic acids is 1. The number of nitrogens with zero attached hydrogens (tertiary/aromatic N) is 2. The number of hydrogen-bond donors (Lipinski definition) is 1. The fraction of sp³-hybridized carbons (Fsp3) is 0.529. The molecule has 2 aliphatic rings. The van der Waals surface area contributed by atoms with Crippen molar-refractivity contribution >= 4 is 21.9 Å². The van der Waals surface area contributed by atoms with Crippen molar-refractivity contribution in [2.75, 3.05) is 19.6 Å². The first-order chi connectivity index (χ1) is 11.8. The predicted octanol–water partition coefficient (Wildman–Crippen LogP) is 0.871. The normalized spacial score (nSPS) is 21.6. The maximum atomic E-state index is 13.0. The van der Waals surface area contributed by atoms with Crippen molar-refractivity contribution in [3.8, 4) is 0 Å². The van der Waals surface area contributed by atoms with Gasteiger partial charge in [-0.25, -0.2) is 8.42 Å². The van der Waals surface area contributed by atoms with E-state index in [1.54, 1.807) is 12.1 Å². The minimum atomic E-state index is -3.92. The summed E-state index contributed by atoms with van der Waals surface area (Å²) in [4.78, 5) is 24.6. The highest BCUT2D eigenvalue weighted by Crippen LogP contribution is 2.27. The Morgan fingerprint density at radius 2 is 1.80 bits per heavy atom. The Kier molecular flexibility index (Phi) is 4.83. The molecule has 25 heavy (non-hydrogen) atoms. The average Bonchev–Trinajstić information content (AvgIpc) is 2.60. The van der Waals surface area contributed by atoms with Crippen LogP contribution in [-0.4, -0.2) is 60.3 Å². The highest BCUT2D eigenvalue weighted by Gasteiger charge is 2.41. The van der Waals surface area contributed by atoms with Gasteiger partial charge in [0.15, 0.2) is 0 Å². The van der Waals surface area contributed by atoms with Gasteiger partial charge in [0.05, 0.1) is 4.90 Å². The van der Waals surface area contributed by atoms with E-state index < -0.39 is 22.0 Å². The third-order valence-electron chi connectivity index (χ3n) is 4.99. The van der Waals surface area contributed by atoms with Crippen LogP contribution in [0, 0.1) is 0 Å². The molecule has 0 aromatic heterocycles. The first-order valence-corrected chi connectivity index (χ1v) is 9.86. The molecule has 1 aromatic rings. The molecule has 0 radical (unpaired) electrons. The third-order valence-corrected chi connectivity index (χ3v) is 6.89. The molecule has 1 amide bonds. The van der Waals surface area contributed by atoms with Gasteiger partial charge < -0.3 is 10.0 Å². The highest BCUT2D eigenvalue weighted by atomic mass is 32.2. The molecular formula is C17H22N2O5S. The molecule has 1 aliphatic heterocycles. The number of benzene rings is 1. The predicted molar refractivity (Wildman–Crippen MR) is 90.7 cm³/mol. The summed E-state index contributed by atoms with van der Waals surface area (Å²) in [5.41, 5.74) is 2.20. The van der Waals surface area contributed by atoms with Crippen LogP contribution in [0.5, 0.6) is 0 Å². The zero-order chi connectivity index (χ0) is 18.2. The fourth-order valence-electron chi connectivity index (χ4n) is 3.55. The van der Waals surface area contributed by atoms with Crippen LogP contribution in [0.25, 0.3) is 0 Å². The molecular weight excluding hydrogens is 344 g/mol. The zero-order valence-electron chi connectivity index (χ0n) is 14.1. The summed E-state index contributed by atoms with van der Waals surface area (Å²) in [5.74, 6) is -1.50. The van der Waals surface area contributed by atoms with Crippen LogP contribution in [0.3, 0.4) is 0 Å². The Morgan fingerprint density at radius 1 is 1.12 bits per heavy atom. The Balaban J connectivity index is 1.93. The van der Waals surface area contributed by atoms with E-state index in [4.69, 9.17) is 0 Å². The molecule has 1 aliphatic carbocycles. The van der Waals surface area contributed by atoms with Crippen molar-refractivity contribution in [2.24, 2.45) is 0 Å². The molecule has 8 heteroatoms. The van der Waals surface area contributed by atoms with Crippen LogP contribution in [-0.2, 0) is 32.5 Å². The van der Waals surface area contributed by atoms with Crippen molar-refractivity contribution < 1.29 is 23.1 Å². The van der Waals surface area contributed by atoms with Crippen LogP contribution in [0.1, 0.15) is 30.9 Å². The minimum absolute atomic E-state index is 0.0179. The van der Waals surface area contributed by atoms with Crippen molar-refractivity contribution in [3.05, 3.63) is 29.3 Å². The molecule has 1 atom stereocenters. The first-order valence-electron chi connectivity index (χ1n) is 8.42. The third kappa shape index (κ3) is 3.41. The number of piperazine rings is 1. The molecule has 1 N–H and O–H groups in total. The lowest BCUT2D eigenvalue weighted by Gasteiger charge is -2.38. The fourth-order valence-corrected chi connectivity index (χ4v) is 5.16. The van der Waals surface area contributed by atoms with Gasteiger partial charge in [-0.2, -0.15) is 4.31 Å². The molecule has 1 heterocycles. The number of hydrogen-bond acceptors (Lipinski definition) is 4. The standard InChI is InChI=1S/C17H22N2O5S/c1-12(20)18-8-9-19(16(11-18)17(21)22)25(23,24)15-7-6-13-4-2-3-5-14(13)10-15/h6-7,10,16H,2-5,8-9,11H2,1H3,(H,21,22). The number of aryl methyl sites for hydroxylation is 2. The van der Waals surface area contributed by atoms with Crippen LogP contribution >= 0.6 is 0 Å². The molecule has 1 saturated heterocycles.